The lowest BCUT2D eigenvalue weighted by molar-refractivity contribution is 0.0977. The van der Waals surface area contributed by atoms with Crippen molar-refractivity contribution >= 4 is 40.0 Å². The molecule has 5 nitrogen and oxygen atoms in total. The highest BCUT2D eigenvalue weighted by atomic mass is 32.1. The molecule has 0 fully saturated rings. The molecule has 1 amide bonds. The predicted octanol–water partition coefficient (Wildman–Crippen LogP) is 6.05. The van der Waals surface area contributed by atoms with Crippen LogP contribution in [0.1, 0.15) is 41.3 Å². The molecule has 156 valence electrons. The van der Waals surface area contributed by atoms with E-state index >= 15 is 0 Å². The maximum Gasteiger partial charge on any atom is 0.257 e. The number of anilines is 1. The van der Waals surface area contributed by atoms with Gasteiger partial charge in [0.15, 0.2) is 10.7 Å². The molecule has 6 heteroatoms. The summed E-state index contributed by atoms with van der Waals surface area (Å²) in [5.74, 6) is 0.705. The maximum absolute atomic E-state index is 12.4. The van der Waals surface area contributed by atoms with Crippen molar-refractivity contribution in [3.63, 3.8) is 0 Å². The smallest absolute Gasteiger partial charge is 0.257 e. The van der Waals surface area contributed by atoms with Crippen LogP contribution in [0, 0.1) is 6.92 Å². The summed E-state index contributed by atoms with van der Waals surface area (Å²) in [5.41, 5.74) is 6.00. The van der Waals surface area contributed by atoms with Crippen LogP contribution < -0.4 is 10.6 Å². The van der Waals surface area contributed by atoms with E-state index in [0.29, 0.717) is 17.4 Å². The molecule has 1 heterocycles. The number of oxazole rings is 1. The van der Waals surface area contributed by atoms with Gasteiger partial charge in [0.05, 0.1) is 0 Å². The van der Waals surface area contributed by atoms with Crippen molar-refractivity contribution in [2.45, 2.75) is 26.7 Å². The zero-order valence-corrected chi connectivity index (χ0v) is 18.4. The van der Waals surface area contributed by atoms with Crippen molar-refractivity contribution in [3.05, 3.63) is 83.4 Å². The van der Waals surface area contributed by atoms with Gasteiger partial charge in [0.1, 0.15) is 5.52 Å². The number of aryl methyl sites for hydroxylation is 1. The summed E-state index contributed by atoms with van der Waals surface area (Å²) in [6.45, 7) is 6.27. The van der Waals surface area contributed by atoms with E-state index in [1.54, 1.807) is 12.1 Å². The van der Waals surface area contributed by atoms with Gasteiger partial charge in [-0.1, -0.05) is 43.7 Å². The minimum absolute atomic E-state index is 0.224. The molecule has 0 aliphatic rings. The maximum atomic E-state index is 12.4. The molecule has 31 heavy (non-hydrogen) atoms. The Morgan fingerprint density at radius 3 is 2.55 bits per heavy atom. The number of fused-ring (bicyclic) bond motifs is 1. The van der Waals surface area contributed by atoms with Crippen LogP contribution in [0.3, 0.4) is 0 Å². The molecule has 0 unspecified atom stereocenters. The molecule has 0 spiro atoms. The molecule has 0 atom stereocenters. The molecule has 0 saturated heterocycles. The lowest BCUT2D eigenvalue weighted by Gasteiger charge is -2.10. The lowest BCUT2D eigenvalue weighted by atomic mass is 10.0. The fourth-order valence-electron chi connectivity index (χ4n) is 3.20. The Kier molecular flexibility index (Phi) is 5.82. The average Bonchev–Trinajstić information content (AvgIpc) is 3.17. The third kappa shape index (κ3) is 4.81. The van der Waals surface area contributed by atoms with Gasteiger partial charge < -0.3 is 9.73 Å². The van der Waals surface area contributed by atoms with E-state index in [2.05, 4.69) is 41.6 Å². The highest BCUT2D eigenvalue weighted by Gasteiger charge is 2.12. The fraction of sp³-hybridized carbons (Fsp3) is 0.160. The summed E-state index contributed by atoms with van der Waals surface area (Å²) < 4.78 is 5.94. The first-order valence-electron chi connectivity index (χ1n) is 10.1. The number of carbonyl (C=O) groups excluding carboxylic acids is 1. The number of hydrogen-bond donors (Lipinski definition) is 2. The topological polar surface area (TPSA) is 67.2 Å². The number of aromatic nitrogens is 1. The van der Waals surface area contributed by atoms with Crippen molar-refractivity contribution in [2.24, 2.45) is 0 Å². The van der Waals surface area contributed by atoms with Crippen LogP contribution in [-0.4, -0.2) is 16.0 Å². The van der Waals surface area contributed by atoms with Crippen LogP contribution >= 0.6 is 12.2 Å². The predicted molar refractivity (Wildman–Crippen MR) is 128 cm³/mol. The van der Waals surface area contributed by atoms with Crippen LogP contribution in [0.4, 0.5) is 5.69 Å². The van der Waals surface area contributed by atoms with Crippen LogP contribution in [0.15, 0.2) is 71.1 Å². The number of rotatable bonds is 4. The van der Waals surface area contributed by atoms with Gasteiger partial charge in [-0.25, -0.2) is 4.98 Å². The van der Waals surface area contributed by atoms with Gasteiger partial charge in [-0.3, -0.25) is 10.1 Å². The number of thiocarbonyl (C=S) groups is 1. The number of hydrogen-bond acceptors (Lipinski definition) is 4. The van der Waals surface area contributed by atoms with E-state index in [-0.39, 0.29) is 11.0 Å². The molecule has 3 aromatic carbocycles. The number of nitrogens with zero attached hydrogens (tertiary/aromatic N) is 1. The van der Waals surface area contributed by atoms with E-state index in [1.807, 2.05) is 49.4 Å². The Morgan fingerprint density at radius 1 is 1.03 bits per heavy atom. The minimum Gasteiger partial charge on any atom is -0.436 e. The molecule has 1 aromatic heterocycles. The van der Waals surface area contributed by atoms with Crippen LogP contribution in [0.2, 0.25) is 0 Å². The zero-order valence-electron chi connectivity index (χ0n) is 17.6. The fourth-order valence-corrected chi connectivity index (χ4v) is 3.41. The van der Waals surface area contributed by atoms with Crippen molar-refractivity contribution in [2.75, 3.05) is 5.32 Å². The third-order valence-corrected chi connectivity index (χ3v) is 5.19. The molecule has 2 N–H and O–H groups in total. The number of amides is 1. The van der Waals surface area contributed by atoms with Crippen molar-refractivity contribution in [1.82, 2.24) is 10.3 Å². The number of carbonyl (C=O) groups is 1. The second kappa shape index (κ2) is 8.70. The van der Waals surface area contributed by atoms with E-state index in [4.69, 9.17) is 16.6 Å². The van der Waals surface area contributed by atoms with E-state index in [1.165, 1.54) is 5.56 Å². The Labute approximate surface area is 186 Å². The largest absolute Gasteiger partial charge is 0.436 e. The van der Waals surface area contributed by atoms with Gasteiger partial charge in [-0.15, -0.1) is 0 Å². The standard InChI is InChI=1S/C25H23N3O2S/c1-15(2)18-11-12-22-21(14-18)27-24(30-22)19-5-4-6-20(13-19)26-25(31)28-23(29)17-9-7-16(3)8-10-17/h4-15H,1-3H3,(H2,26,28,29,31). The van der Waals surface area contributed by atoms with E-state index in [9.17, 15) is 4.79 Å². The van der Waals surface area contributed by atoms with Crippen molar-refractivity contribution in [3.8, 4) is 11.5 Å². The van der Waals surface area contributed by atoms with Crippen molar-refractivity contribution < 1.29 is 9.21 Å². The normalized spacial score (nSPS) is 11.0. The molecular formula is C25H23N3O2S. The molecule has 0 aliphatic heterocycles. The molecule has 4 aromatic rings. The minimum atomic E-state index is -0.256. The molecule has 0 saturated carbocycles. The summed E-state index contributed by atoms with van der Waals surface area (Å²) in [6.07, 6.45) is 0. The average molecular weight is 430 g/mol. The monoisotopic (exact) mass is 429 g/mol. The Hall–Kier alpha value is -3.51. The summed E-state index contributed by atoms with van der Waals surface area (Å²) in [6, 6.07) is 21.0. The van der Waals surface area contributed by atoms with Crippen LogP contribution in [-0.2, 0) is 0 Å². The number of nitrogens with one attached hydrogen (secondary N) is 2. The third-order valence-electron chi connectivity index (χ3n) is 4.99. The highest BCUT2D eigenvalue weighted by molar-refractivity contribution is 7.80. The second-order valence-electron chi connectivity index (χ2n) is 7.76. The van der Waals surface area contributed by atoms with Gasteiger partial charge in [0, 0.05) is 16.8 Å². The molecule has 0 radical (unpaired) electrons. The highest BCUT2D eigenvalue weighted by Crippen LogP contribution is 2.28. The Balaban J connectivity index is 1.49. The van der Waals surface area contributed by atoms with Gasteiger partial charge in [0.25, 0.3) is 5.91 Å². The van der Waals surface area contributed by atoms with E-state index < -0.39 is 0 Å². The Morgan fingerprint density at radius 2 is 1.81 bits per heavy atom. The second-order valence-corrected chi connectivity index (χ2v) is 8.16. The van der Waals surface area contributed by atoms with E-state index in [0.717, 1.165) is 27.9 Å². The summed E-state index contributed by atoms with van der Waals surface area (Å²) in [5, 5.41) is 5.98. The van der Waals surface area contributed by atoms with Crippen molar-refractivity contribution in [1.29, 1.82) is 0 Å². The van der Waals surface area contributed by atoms with Crippen LogP contribution in [0.5, 0.6) is 0 Å². The van der Waals surface area contributed by atoms with Gasteiger partial charge in [-0.05, 0) is 73.1 Å². The first kappa shape index (κ1) is 20.8. The van der Waals surface area contributed by atoms with Gasteiger partial charge >= 0.3 is 0 Å². The molecular weight excluding hydrogens is 406 g/mol. The van der Waals surface area contributed by atoms with Crippen LogP contribution in [0.25, 0.3) is 22.6 Å². The summed E-state index contributed by atoms with van der Waals surface area (Å²) in [7, 11) is 0. The summed E-state index contributed by atoms with van der Waals surface area (Å²) >= 11 is 5.31. The Bertz CT molecular complexity index is 1260. The first-order valence-corrected chi connectivity index (χ1v) is 10.5. The number of benzene rings is 3. The molecule has 0 aliphatic carbocycles. The quantitative estimate of drug-likeness (QED) is 0.386. The SMILES string of the molecule is Cc1ccc(C(=O)NC(=S)Nc2cccc(-c3nc4cc(C(C)C)ccc4o3)c2)cc1. The summed E-state index contributed by atoms with van der Waals surface area (Å²) in [4.78, 5) is 17.0. The van der Waals surface area contributed by atoms with Gasteiger partial charge in [-0.2, -0.15) is 0 Å². The van der Waals surface area contributed by atoms with Gasteiger partial charge in [0.2, 0.25) is 5.89 Å². The first-order chi connectivity index (χ1) is 14.9. The molecule has 4 rings (SSSR count). The zero-order chi connectivity index (χ0) is 22.0. The lowest BCUT2D eigenvalue weighted by Crippen LogP contribution is -2.34. The molecule has 0 bridgehead atoms.